The van der Waals surface area contributed by atoms with E-state index >= 15 is 0 Å². The molecule has 0 spiro atoms. The molecule has 0 bridgehead atoms. The fourth-order valence-corrected chi connectivity index (χ4v) is 8.35. The molecule has 3 aromatic carbocycles. The van der Waals surface area contributed by atoms with Gasteiger partial charge in [0.05, 0.1) is 24.1 Å². The number of piperidine rings is 2. The molecule has 3 aliphatic heterocycles. The van der Waals surface area contributed by atoms with Gasteiger partial charge in [0, 0.05) is 48.8 Å². The van der Waals surface area contributed by atoms with Gasteiger partial charge < -0.3 is 20.1 Å². The number of nitrogen functional groups attached to an aromatic ring is 1. The first-order valence-corrected chi connectivity index (χ1v) is 18.9. The summed E-state index contributed by atoms with van der Waals surface area (Å²) in [5.74, 6) is 2.12. The molecule has 0 aliphatic carbocycles. The topological polar surface area (TPSA) is 158 Å². The van der Waals surface area contributed by atoms with Gasteiger partial charge in [-0.1, -0.05) is 30.3 Å². The number of amides is 3. The molecule has 1 atom stereocenters. The monoisotopic (exact) mass is 732 g/mol. The number of carbonyl (C=O) groups is 3. The molecule has 53 heavy (non-hydrogen) atoms. The van der Waals surface area contributed by atoms with Gasteiger partial charge in [0.15, 0.2) is 5.65 Å². The summed E-state index contributed by atoms with van der Waals surface area (Å²) in [7, 11) is 0. The predicted octanol–water partition coefficient (Wildman–Crippen LogP) is 4.96. The number of rotatable bonds is 11. The lowest BCUT2D eigenvalue weighted by Gasteiger charge is -2.32. The molecule has 3 aliphatic rings. The minimum absolute atomic E-state index is 0.0238. The Bertz CT molecular complexity index is 2140. The molecule has 5 heterocycles. The van der Waals surface area contributed by atoms with Gasteiger partial charge in [0.2, 0.25) is 17.7 Å². The number of nitrogens with two attached hydrogens (primary N) is 1. The highest BCUT2D eigenvalue weighted by Gasteiger charge is 2.35. The molecule has 3 amide bonds. The van der Waals surface area contributed by atoms with E-state index in [4.69, 9.17) is 20.3 Å². The summed E-state index contributed by atoms with van der Waals surface area (Å²) in [6, 6.07) is 23.3. The Morgan fingerprint density at radius 3 is 2.51 bits per heavy atom. The maximum Gasteiger partial charge on any atom is 0.248 e. The minimum atomic E-state index is -0.286. The Morgan fingerprint density at radius 1 is 0.925 bits per heavy atom. The van der Waals surface area contributed by atoms with Crippen molar-refractivity contribution < 1.29 is 23.9 Å². The number of aromatic nitrogens is 4. The number of benzene rings is 3. The van der Waals surface area contributed by atoms with Gasteiger partial charge in [0.25, 0.3) is 0 Å². The molecule has 2 fully saturated rings. The van der Waals surface area contributed by atoms with Gasteiger partial charge in [-0.05, 0) is 72.9 Å². The summed E-state index contributed by atoms with van der Waals surface area (Å²) >= 11 is 1.70. The molecule has 2 aromatic heterocycles. The van der Waals surface area contributed by atoms with E-state index in [1.165, 1.54) is 17.5 Å². The van der Waals surface area contributed by atoms with Gasteiger partial charge in [-0.3, -0.25) is 24.6 Å². The fourth-order valence-electron chi connectivity index (χ4n) is 7.38. The number of anilines is 1. The third kappa shape index (κ3) is 7.48. The molecular formula is C39H40N8O5S. The first kappa shape index (κ1) is 34.8. The van der Waals surface area contributed by atoms with Gasteiger partial charge in [0.1, 0.15) is 35.9 Å². The van der Waals surface area contributed by atoms with Crippen LogP contribution in [0.5, 0.6) is 11.5 Å². The third-order valence-corrected chi connectivity index (χ3v) is 11.2. The molecule has 0 radical (unpaired) electrons. The average molecular weight is 733 g/mol. The van der Waals surface area contributed by atoms with Crippen molar-refractivity contribution >= 4 is 46.3 Å². The molecule has 13 nitrogen and oxygen atoms in total. The summed E-state index contributed by atoms with van der Waals surface area (Å²) < 4.78 is 13.8. The van der Waals surface area contributed by atoms with Crippen molar-refractivity contribution in [3.05, 3.63) is 90.3 Å². The lowest BCUT2D eigenvalue weighted by Crippen LogP contribution is -2.50. The van der Waals surface area contributed by atoms with E-state index in [-0.39, 0.29) is 36.4 Å². The van der Waals surface area contributed by atoms with Crippen molar-refractivity contribution in [2.24, 2.45) is 0 Å². The van der Waals surface area contributed by atoms with Crippen molar-refractivity contribution in [1.29, 1.82) is 0 Å². The lowest BCUT2D eigenvalue weighted by atomic mass is 10.0. The molecule has 3 N–H and O–H groups in total. The van der Waals surface area contributed by atoms with Crippen LogP contribution in [0, 0.1) is 0 Å². The van der Waals surface area contributed by atoms with E-state index in [0.29, 0.717) is 79.7 Å². The van der Waals surface area contributed by atoms with E-state index in [2.05, 4.69) is 32.3 Å². The van der Waals surface area contributed by atoms with Crippen LogP contribution >= 0.6 is 11.8 Å². The van der Waals surface area contributed by atoms with Crippen LogP contribution in [0.2, 0.25) is 0 Å². The summed E-state index contributed by atoms with van der Waals surface area (Å²) in [6.45, 7) is 3.01. The smallest absolute Gasteiger partial charge is 0.248 e. The second-order valence-corrected chi connectivity index (χ2v) is 14.6. The van der Waals surface area contributed by atoms with E-state index in [0.717, 1.165) is 29.1 Å². The van der Waals surface area contributed by atoms with Crippen molar-refractivity contribution in [1.82, 2.24) is 34.9 Å². The average Bonchev–Trinajstić information content (AvgIpc) is 3.79. The highest BCUT2D eigenvalue weighted by atomic mass is 32.2. The third-order valence-electron chi connectivity index (χ3n) is 10.1. The number of nitrogens with one attached hydrogen (secondary N) is 1. The van der Waals surface area contributed by atoms with Crippen LogP contribution < -0.4 is 15.8 Å². The quantitative estimate of drug-likeness (QED) is 0.107. The second kappa shape index (κ2) is 15.3. The number of carbonyl (C=O) groups excluding carboxylic acids is 3. The first-order valence-electron chi connectivity index (χ1n) is 17.9. The summed E-state index contributed by atoms with van der Waals surface area (Å²) in [5, 5.41) is 8.19. The molecular weight excluding hydrogens is 693 g/mol. The summed E-state index contributed by atoms with van der Waals surface area (Å²) in [5.41, 5.74) is 11.1. The van der Waals surface area contributed by atoms with Gasteiger partial charge in [-0.15, -0.1) is 11.8 Å². The summed E-state index contributed by atoms with van der Waals surface area (Å²) in [4.78, 5) is 51.2. The number of nitrogens with zero attached hydrogens (tertiary/aromatic N) is 6. The molecule has 8 rings (SSSR count). The Labute approximate surface area is 310 Å². The normalized spacial score (nSPS) is 18.0. The highest BCUT2D eigenvalue weighted by molar-refractivity contribution is 7.99. The van der Waals surface area contributed by atoms with E-state index in [9.17, 15) is 14.4 Å². The van der Waals surface area contributed by atoms with E-state index in [1.807, 2.05) is 70.2 Å². The van der Waals surface area contributed by atoms with Crippen molar-refractivity contribution in [2.75, 3.05) is 37.8 Å². The molecule has 14 heteroatoms. The number of para-hydroxylation sites is 1. The van der Waals surface area contributed by atoms with Crippen LogP contribution in [0.25, 0.3) is 22.3 Å². The van der Waals surface area contributed by atoms with E-state index in [1.54, 1.807) is 11.8 Å². The Balaban J connectivity index is 0.829. The molecule has 272 valence electrons. The highest BCUT2D eigenvalue weighted by Crippen LogP contribution is 2.36. The van der Waals surface area contributed by atoms with E-state index < -0.39 is 0 Å². The lowest BCUT2D eigenvalue weighted by molar-refractivity contribution is -0.138. The van der Waals surface area contributed by atoms with Crippen molar-refractivity contribution in [3.8, 4) is 22.8 Å². The summed E-state index contributed by atoms with van der Waals surface area (Å²) in [6.07, 6.45) is 3.83. The number of ether oxygens (including phenoxy) is 2. The minimum Gasteiger partial charge on any atom is -0.457 e. The molecule has 0 saturated carbocycles. The largest absolute Gasteiger partial charge is 0.457 e. The predicted molar refractivity (Wildman–Crippen MR) is 200 cm³/mol. The molecule has 1 unspecified atom stereocenters. The van der Waals surface area contributed by atoms with Gasteiger partial charge >= 0.3 is 0 Å². The number of thioether (sulfide) groups is 1. The Hall–Kier alpha value is -5.31. The Morgan fingerprint density at radius 2 is 1.72 bits per heavy atom. The van der Waals surface area contributed by atoms with Crippen LogP contribution in [-0.4, -0.2) is 85.4 Å². The number of fused-ring (bicyclic) bond motifs is 2. The Kier molecular flexibility index (Phi) is 10.1. The molecule has 2 saturated heterocycles. The van der Waals surface area contributed by atoms with Crippen molar-refractivity contribution in [3.63, 3.8) is 0 Å². The van der Waals surface area contributed by atoms with Crippen molar-refractivity contribution in [2.45, 2.75) is 55.8 Å². The SMILES string of the molecule is Nc1ncnc2c1c(-c1ccc(Oc3ccccc3)cc1)nn2C1CCN(C(=O)COCCSc2cccc3c2CN(C2CCC(=O)NC2=O)C3)CC1. The number of hydrogen-bond acceptors (Lipinski definition) is 11. The first-order chi connectivity index (χ1) is 25.9. The fraction of sp³-hybridized carbons (Fsp3) is 0.333. The van der Waals surface area contributed by atoms with Gasteiger partial charge in [-0.2, -0.15) is 5.10 Å². The maximum absolute atomic E-state index is 13.1. The zero-order chi connectivity index (χ0) is 36.3. The van der Waals surface area contributed by atoms with Crippen LogP contribution in [-0.2, 0) is 32.2 Å². The zero-order valence-electron chi connectivity index (χ0n) is 29.1. The van der Waals surface area contributed by atoms with Crippen LogP contribution in [0.4, 0.5) is 5.82 Å². The number of imide groups is 1. The zero-order valence-corrected chi connectivity index (χ0v) is 30.0. The maximum atomic E-state index is 13.1. The van der Waals surface area contributed by atoms with Crippen LogP contribution in [0.3, 0.4) is 0 Å². The second-order valence-electron chi connectivity index (χ2n) is 13.5. The van der Waals surface area contributed by atoms with Crippen LogP contribution in [0.1, 0.15) is 42.9 Å². The van der Waals surface area contributed by atoms with Gasteiger partial charge in [-0.25, -0.2) is 14.6 Å². The number of hydrogen-bond donors (Lipinski definition) is 2. The van der Waals surface area contributed by atoms with Crippen LogP contribution in [0.15, 0.2) is 84.0 Å². The standard InChI is InChI=1S/C39H40N8O5S/c40-37-35-36(25-9-11-29(12-10-25)52-28-6-2-1-3-7-28)44-47(38(35)42-24-41-37)27-15-17-45(18-16-27)34(49)23-51-19-20-53-32-8-4-5-26-21-46(22-30(26)32)31-13-14-33(48)43-39(31)50/h1-12,24,27,31H,13-23H2,(H2,40,41,42)(H,43,48,50). The molecule has 5 aromatic rings. The number of likely N-dealkylation sites (tertiary alicyclic amines) is 1.